The van der Waals surface area contributed by atoms with E-state index in [-0.39, 0.29) is 24.0 Å². The third-order valence-corrected chi connectivity index (χ3v) is 10.2. The number of unbranched alkanes of at least 4 members (excludes halogenated alkanes) is 7. The average Bonchev–Trinajstić information content (AvgIpc) is 3.70. The lowest BCUT2D eigenvalue weighted by atomic mass is 10.0. The molecule has 1 unspecified atom stereocenters. The molecule has 0 radical (unpaired) electrons. The Balaban J connectivity index is 0.819. The van der Waals surface area contributed by atoms with Crippen molar-refractivity contribution in [2.24, 2.45) is 0 Å². The molecular formula is C42H49N5O8. The van der Waals surface area contributed by atoms with Crippen LogP contribution in [0.4, 0.5) is 0 Å². The largest absolute Gasteiger partial charge is 0.493 e. The number of carbonyl (C=O) groups is 5. The molecule has 3 heterocycles. The van der Waals surface area contributed by atoms with Gasteiger partial charge in [-0.15, -0.1) is 0 Å². The van der Waals surface area contributed by atoms with Crippen molar-refractivity contribution in [3.63, 3.8) is 0 Å². The number of hydrogen-bond donors (Lipinski definition) is 3. The number of carbonyl (C=O) groups excluding carboxylic acids is 5. The SMILES string of the molecule is CN(CCCCCCCCCCOc1cccc2c1C(=O)N(C1CCC(=O)NC1=O)C2=O)Cc1cccc(OCCn2ccc3ccc(C(=O)NO)cc32)c1. The zero-order chi connectivity index (χ0) is 38.7. The zero-order valence-corrected chi connectivity index (χ0v) is 31.3. The van der Waals surface area contributed by atoms with Crippen LogP contribution in [0.15, 0.2) is 72.9 Å². The Bertz CT molecular complexity index is 2030. The molecule has 4 aromatic rings. The van der Waals surface area contributed by atoms with Crippen LogP contribution in [0.25, 0.3) is 10.9 Å². The lowest BCUT2D eigenvalue weighted by Crippen LogP contribution is -2.54. The number of fused-ring (bicyclic) bond motifs is 2. The number of piperidine rings is 1. The lowest BCUT2D eigenvalue weighted by Gasteiger charge is -2.27. The van der Waals surface area contributed by atoms with Gasteiger partial charge >= 0.3 is 0 Å². The third-order valence-electron chi connectivity index (χ3n) is 10.2. The first-order valence-electron chi connectivity index (χ1n) is 19.1. The highest BCUT2D eigenvalue weighted by molar-refractivity contribution is 6.24. The molecule has 55 heavy (non-hydrogen) atoms. The summed E-state index contributed by atoms with van der Waals surface area (Å²) in [4.78, 5) is 65.3. The maximum Gasteiger partial charge on any atom is 0.274 e. The summed E-state index contributed by atoms with van der Waals surface area (Å²) in [6, 6.07) is 19.4. The summed E-state index contributed by atoms with van der Waals surface area (Å²) in [5.41, 5.74) is 4.59. The van der Waals surface area contributed by atoms with Gasteiger partial charge in [0.15, 0.2) is 0 Å². The summed E-state index contributed by atoms with van der Waals surface area (Å²) >= 11 is 0. The number of nitrogens with zero attached hydrogens (tertiary/aromatic N) is 3. The quantitative estimate of drug-likeness (QED) is 0.0435. The zero-order valence-electron chi connectivity index (χ0n) is 31.3. The molecule has 1 saturated heterocycles. The van der Waals surface area contributed by atoms with E-state index in [0.717, 1.165) is 66.7 Å². The Kier molecular flexibility index (Phi) is 13.3. The highest BCUT2D eigenvalue weighted by atomic mass is 16.5. The number of ether oxygens (including phenoxy) is 2. The van der Waals surface area contributed by atoms with E-state index in [0.29, 0.717) is 31.1 Å². The first-order chi connectivity index (χ1) is 26.7. The number of rotatable bonds is 20. The second-order valence-electron chi connectivity index (χ2n) is 14.3. The minimum Gasteiger partial charge on any atom is -0.493 e. The summed E-state index contributed by atoms with van der Waals surface area (Å²) in [6.45, 7) is 3.38. The molecule has 13 heteroatoms. The fraction of sp³-hybridized carbons (Fsp3) is 0.405. The average molecular weight is 752 g/mol. The minimum absolute atomic E-state index is 0.0788. The molecule has 6 rings (SSSR count). The Morgan fingerprint density at radius 3 is 2.42 bits per heavy atom. The normalized spacial score (nSPS) is 15.5. The molecule has 1 aromatic heterocycles. The number of aromatic nitrogens is 1. The van der Waals surface area contributed by atoms with E-state index in [2.05, 4.69) is 29.4 Å². The third kappa shape index (κ3) is 9.78. The molecule has 290 valence electrons. The van der Waals surface area contributed by atoms with Gasteiger partial charge in [0.2, 0.25) is 11.8 Å². The van der Waals surface area contributed by atoms with E-state index >= 15 is 0 Å². The molecule has 0 bridgehead atoms. The number of imide groups is 2. The molecule has 13 nitrogen and oxygen atoms in total. The van der Waals surface area contributed by atoms with E-state index in [9.17, 15) is 24.0 Å². The van der Waals surface area contributed by atoms with Gasteiger partial charge in [-0.25, -0.2) is 5.48 Å². The molecule has 1 fully saturated rings. The second kappa shape index (κ2) is 18.7. The number of hydroxylamine groups is 1. The fourth-order valence-corrected chi connectivity index (χ4v) is 7.30. The first-order valence-corrected chi connectivity index (χ1v) is 19.1. The molecule has 2 aliphatic rings. The molecule has 3 N–H and O–H groups in total. The van der Waals surface area contributed by atoms with Crippen LogP contribution in [0, 0.1) is 0 Å². The van der Waals surface area contributed by atoms with Gasteiger partial charge in [0.05, 0.1) is 24.3 Å². The van der Waals surface area contributed by atoms with Crippen molar-refractivity contribution < 1.29 is 38.7 Å². The highest BCUT2D eigenvalue weighted by Crippen LogP contribution is 2.34. The van der Waals surface area contributed by atoms with E-state index in [1.807, 2.05) is 35.0 Å². The molecule has 0 aliphatic carbocycles. The summed E-state index contributed by atoms with van der Waals surface area (Å²) in [5.74, 6) is -1.49. The van der Waals surface area contributed by atoms with Crippen molar-refractivity contribution in [3.05, 3.63) is 95.2 Å². The van der Waals surface area contributed by atoms with Crippen LogP contribution in [0.3, 0.4) is 0 Å². The molecular weight excluding hydrogens is 702 g/mol. The molecule has 0 spiro atoms. The Morgan fingerprint density at radius 1 is 0.873 bits per heavy atom. The maximum absolute atomic E-state index is 13.2. The lowest BCUT2D eigenvalue weighted by molar-refractivity contribution is -0.136. The van der Waals surface area contributed by atoms with E-state index in [1.54, 1.807) is 35.8 Å². The molecule has 2 aliphatic heterocycles. The Labute approximate surface area is 320 Å². The number of nitrogens with one attached hydrogen (secondary N) is 2. The van der Waals surface area contributed by atoms with Gasteiger partial charge in [0, 0.05) is 30.2 Å². The van der Waals surface area contributed by atoms with E-state index < -0.39 is 35.6 Å². The standard InChI is InChI=1S/C42H49N5O8/c1-45(28-29-12-10-13-32(26-29)54-25-23-46-22-20-30-16-17-31(27-35(30)46)39(49)44-53)21-8-6-4-2-3-5-7-9-24-55-36-15-11-14-33-38(36)42(52)47(41(33)51)34-18-19-37(48)43-40(34)50/h10-17,20,22,26-27,34,53H,2-9,18-19,21,23-25,28H2,1H3,(H,44,49)(H,43,48,50). The van der Waals surface area contributed by atoms with Gasteiger partial charge in [-0.1, -0.05) is 62.8 Å². The summed E-state index contributed by atoms with van der Waals surface area (Å²) in [5, 5.41) is 12.2. The number of benzene rings is 3. The van der Waals surface area contributed by atoms with Crippen LogP contribution in [0.2, 0.25) is 0 Å². The Hall–Kier alpha value is -5.53. The van der Waals surface area contributed by atoms with E-state index in [4.69, 9.17) is 14.7 Å². The molecule has 3 aromatic carbocycles. The van der Waals surface area contributed by atoms with Crippen LogP contribution in [0.5, 0.6) is 11.5 Å². The smallest absolute Gasteiger partial charge is 0.274 e. The van der Waals surface area contributed by atoms with Crippen molar-refractivity contribution in [2.75, 3.05) is 26.8 Å². The van der Waals surface area contributed by atoms with Crippen LogP contribution < -0.4 is 20.3 Å². The fourth-order valence-electron chi connectivity index (χ4n) is 7.30. The first kappa shape index (κ1) is 39.2. The van der Waals surface area contributed by atoms with Crippen LogP contribution in [-0.2, 0) is 22.7 Å². The minimum atomic E-state index is -0.998. The van der Waals surface area contributed by atoms with Crippen molar-refractivity contribution in [1.82, 2.24) is 25.2 Å². The van der Waals surface area contributed by atoms with Crippen LogP contribution in [-0.4, -0.2) is 82.0 Å². The van der Waals surface area contributed by atoms with E-state index in [1.165, 1.54) is 24.8 Å². The van der Waals surface area contributed by atoms with Gasteiger partial charge < -0.3 is 18.9 Å². The van der Waals surface area contributed by atoms with Gasteiger partial charge in [-0.3, -0.25) is 39.4 Å². The monoisotopic (exact) mass is 751 g/mol. The van der Waals surface area contributed by atoms with Gasteiger partial charge in [-0.2, -0.15) is 0 Å². The predicted molar refractivity (Wildman–Crippen MR) is 205 cm³/mol. The molecule has 5 amide bonds. The molecule has 1 atom stereocenters. The number of amides is 5. The van der Waals surface area contributed by atoms with Crippen molar-refractivity contribution in [1.29, 1.82) is 0 Å². The Morgan fingerprint density at radius 2 is 1.64 bits per heavy atom. The number of hydrogen-bond acceptors (Lipinski definition) is 9. The topological polar surface area (TPSA) is 160 Å². The second-order valence-corrected chi connectivity index (χ2v) is 14.3. The van der Waals surface area contributed by atoms with Crippen molar-refractivity contribution >= 4 is 40.4 Å². The molecule has 0 saturated carbocycles. The van der Waals surface area contributed by atoms with Crippen molar-refractivity contribution in [2.45, 2.75) is 83.3 Å². The predicted octanol–water partition coefficient (Wildman–Crippen LogP) is 5.87. The summed E-state index contributed by atoms with van der Waals surface area (Å²) in [6.07, 6.45) is 10.9. The van der Waals surface area contributed by atoms with Gasteiger partial charge in [-0.05, 0) is 86.3 Å². The highest BCUT2D eigenvalue weighted by Gasteiger charge is 2.46. The summed E-state index contributed by atoms with van der Waals surface area (Å²) in [7, 11) is 2.14. The van der Waals surface area contributed by atoms with Crippen molar-refractivity contribution in [3.8, 4) is 11.5 Å². The van der Waals surface area contributed by atoms with Gasteiger partial charge in [0.25, 0.3) is 17.7 Å². The summed E-state index contributed by atoms with van der Waals surface area (Å²) < 4.78 is 14.1. The maximum atomic E-state index is 13.2. The van der Waals surface area contributed by atoms with Crippen LogP contribution in [0.1, 0.15) is 101 Å². The van der Waals surface area contributed by atoms with Crippen LogP contribution >= 0.6 is 0 Å². The van der Waals surface area contributed by atoms with Gasteiger partial charge in [0.1, 0.15) is 24.1 Å².